The Bertz CT molecular complexity index is 1110. The number of hydrogen-bond donors (Lipinski definition) is 2. The van der Waals surface area contributed by atoms with Crippen molar-refractivity contribution in [3.63, 3.8) is 0 Å². The van der Waals surface area contributed by atoms with Crippen LogP contribution in [-0.4, -0.2) is 62.8 Å². The first kappa shape index (κ1) is 27.5. The van der Waals surface area contributed by atoms with Gasteiger partial charge in [0.25, 0.3) is 5.91 Å². The Hall–Kier alpha value is -2.11. The lowest BCUT2D eigenvalue weighted by Crippen LogP contribution is -2.45. The number of carbonyl (C=O) groups excluding carboxylic acids is 1. The molecule has 1 aliphatic heterocycles. The van der Waals surface area contributed by atoms with Gasteiger partial charge in [0.15, 0.2) is 5.72 Å². The number of benzene rings is 1. The number of anilines is 1. The number of nitrogens with one attached hydrogen (secondary N) is 1. The summed E-state index contributed by atoms with van der Waals surface area (Å²) in [4.78, 5) is 18.3. The van der Waals surface area contributed by atoms with E-state index in [1.807, 2.05) is 6.07 Å². The van der Waals surface area contributed by atoms with Crippen LogP contribution in [0.4, 0.5) is 27.6 Å². The van der Waals surface area contributed by atoms with E-state index in [0.29, 0.717) is 23.5 Å². The van der Waals surface area contributed by atoms with Crippen molar-refractivity contribution in [1.29, 1.82) is 0 Å². The second-order valence-corrected chi connectivity index (χ2v) is 10.2. The van der Waals surface area contributed by atoms with E-state index in [4.69, 9.17) is 11.6 Å². The number of halogens is 6. The minimum absolute atomic E-state index is 0.0624. The number of pyridine rings is 1. The van der Waals surface area contributed by atoms with Crippen LogP contribution in [0.15, 0.2) is 42.1 Å². The van der Waals surface area contributed by atoms with E-state index in [-0.39, 0.29) is 17.9 Å². The average Bonchev–Trinajstić information content (AvgIpc) is 2.98. The van der Waals surface area contributed by atoms with Crippen molar-refractivity contribution in [2.24, 2.45) is 0 Å². The summed E-state index contributed by atoms with van der Waals surface area (Å²) in [5.41, 5.74) is -0.550. The number of carbonyl (C=O) groups is 1. The molecule has 2 atom stereocenters. The van der Waals surface area contributed by atoms with Gasteiger partial charge in [-0.25, -0.2) is 0 Å². The first-order valence-corrected chi connectivity index (χ1v) is 12.3. The van der Waals surface area contributed by atoms with E-state index in [9.17, 15) is 31.9 Å². The Morgan fingerprint density at radius 1 is 1.26 bits per heavy atom. The molecule has 0 saturated heterocycles. The fraction of sp³-hybridized carbons (Fsp3) is 0.478. The van der Waals surface area contributed by atoms with Gasteiger partial charge in [-0.2, -0.15) is 33.7 Å². The Morgan fingerprint density at radius 2 is 1.97 bits per heavy atom. The predicted molar refractivity (Wildman–Crippen MR) is 128 cm³/mol. The molecule has 35 heavy (non-hydrogen) atoms. The molecule has 0 bridgehead atoms. The van der Waals surface area contributed by atoms with E-state index < -0.39 is 35.4 Å². The molecule has 2 N–H and O–H groups in total. The molecule has 2 unspecified atom stereocenters. The molecule has 5 nitrogen and oxygen atoms in total. The number of thioether (sulfide) groups is 1. The molecule has 0 radical (unpaired) electrons. The van der Waals surface area contributed by atoms with E-state index in [1.165, 1.54) is 6.92 Å². The molecule has 1 amide bonds. The van der Waals surface area contributed by atoms with E-state index in [0.717, 1.165) is 33.8 Å². The molecule has 0 saturated carbocycles. The Kier molecular flexibility index (Phi) is 8.23. The molecule has 192 valence electrons. The number of rotatable bonds is 10. The lowest BCUT2D eigenvalue weighted by atomic mass is 10.0. The zero-order chi connectivity index (χ0) is 26.0. The molecule has 2 aromatic rings. The van der Waals surface area contributed by atoms with Crippen molar-refractivity contribution in [2.75, 3.05) is 24.2 Å². The summed E-state index contributed by atoms with van der Waals surface area (Å²) in [6.45, 7) is 3.37. The predicted octanol–water partition coefficient (Wildman–Crippen LogP) is 5.88. The average molecular weight is 538 g/mol. The zero-order valence-electron chi connectivity index (χ0n) is 19.0. The number of fused-ring (bicyclic) bond motifs is 1. The normalized spacial score (nSPS) is 19.9. The molecule has 12 heteroatoms. The topological polar surface area (TPSA) is 65.5 Å². The summed E-state index contributed by atoms with van der Waals surface area (Å²) in [7, 11) is 0. The number of amides is 1. The van der Waals surface area contributed by atoms with Crippen LogP contribution in [0.1, 0.15) is 26.7 Å². The van der Waals surface area contributed by atoms with Gasteiger partial charge in [-0.15, -0.1) is 0 Å². The highest BCUT2D eigenvalue weighted by atomic mass is 35.5. The summed E-state index contributed by atoms with van der Waals surface area (Å²) in [5, 5.41) is 13.9. The maximum atomic E-state index is 13.7. The quantitative estimate of drug-likeness (QED) is 0.293. The Balaban J connectivity index is 1.66. The van der Waals surface area contributed by atoms with Crippen molar-refractivity contribution in [1.82, 2.24) is 9.88 Å². The van der Waals surface area contributed by atoms with Crippen molar-refractivity contribution in [2.45, 2.75) is 49.8 Å². The maximum Gasteiger partial charge on any atom is 0.453 e. The second kappa shape index (κ2) is 10.5. The summed E-state index contributed by atoms with van der Waals surface area (Å²) >= 11 is 6.81. The third kappa shape index (κ3) is 6.18. The highest BCUT2D eigenvalue weighted by molar-refractivity contribution is 8.00. The van der Waals surface area contributed by atoms with Gasteiger partial charge >= 0.3 is 12.1 Å². The number of alkyl halides is 5. The molecular formula is C23H25ClF5N3O2S. The fourth-order valence-corrected chi connectivity index (χ4v) is 5.14. The minimum atomic E-state index is -5.72. The van der Waals surface area contributed by atoms with Crippen LogP contribution in [0.2, 0.25) is 5.02 Å². The molecule has 1 aromatic heterocycles. The van der Waals surface area contributed by atoms with Gasteiger partial charge in [-0.05, 0) is 49.4 Å². The van der Waals surface area contributed by atoms with E-state index >= 15 is 0 Å². The van der Waals surface area contributed by atoms with Gasteiger partial charge in [0.2, 0.25) is 0 Å². The largest absolute Gasteiger partial charge is 0.453 e. The molecule has 1 aromatic carbocycles. The lowest BCUT2D eigenvalue weighted by Gasteiger charge is -2.30. The van der Waals surface area contributed by atoms with Crippen LogP contribution in [0.3, 0.4) is 0 Å². The molecule has 0 aliphatic carbocycles. The lowest BCUT2D eigenvalue weighted by molar-refractivity contribution is -0.283. The van der Waals surface area contributed by atoms with Crippen molar-refractivity contribution < 1.29 is 31.9 Å². The van der Waals surface area contributed by atoms with Crippen molar-refractivity contribution in [3.8, 4) is 0 Å². The zero-order valence-corrected chi connectivity index (χ0v) is 20.6. The van der Waals surface area contributed by atoms with Gasteiger partial charge in [-0.3, -0.25) is 9.78 Å². The number of hydrogen-bond acceptors (Lipinski definition) is 5. The third-order valence-corrected chi connectivity index (χ3v) is 7.01. The van der Waals surface area contributed by atoms with Crippen LogP contribution in [0.5, 0.6) is 0 Å². The Morgan fingerprint density at radius 3 is 2.63 bits per heavy atom. The molecule has 2 heterocycles. The van der Waals surface area contributed by atoms with Crippen LogP contribution in [0, 0.1) is 0 Å². The monoisotopic (exact) mass is 537 g/mol. The number of aromatic nitrogens is 1. The van der Waals surface area contributed by atoms with Gasteiger partial charge in [-0.1, -0.05) is 18.5 Å². The third-order valence-electron chi connectivity index (χ3n) is 5.62. The van der Waals surface area contributed by atoms with E-state index in [1.54, 1.807) is 31.3 Å². The first-order valence-electron chi connectivity index (χ1n) is 10.9. The highest BCUT2D eigenvalue weighted by Crippen LogP contribution is 2.44. The highest BCUT2D eigenvalue weighted by Gasteiger charge is 2.59. The second-order valence-electron chi connectivity index (χ2n) is 8.30. The molecule has 0 spiro atoms. The van der Waals surface area contributed by atoms with E-state index in [2.05, 4.69) is 10.3 Å². The molecular weight excluding hydrogens is 513 g/mol. The standard InChI is InChI=1S/C23H25ClF5N3O2S/c1-3-35-19(13-22(25,26)23(27,28)29)16-12-21(2,34)32(20(16)33)10-4-8-30-17-7-9-31-18-11-14(24)5-6-15(17)18/h5-7,9,11-12,19,34H,3-4,8,10,13H2,1-2H3,(H,30,31). The van der Waals surface area contributed by atoms with Crippen LogP contribution < -0.4 is 5.32 Å². The van der Waals surface area contributed by atoms with Crippen molar-refractivity contribution in [3.05, 3.63) is 47.1 Å². The minimum Gasteiger partial charge on any atom is -0.384 e. The maximum absolute atomic E-state index is 13.7. The van der Waals surface area contributed by atoms with Gasteiger partial charge < -0.3 is 15.3 Å². The van der Waals surface area contributed by atoms with Crippen LogP contribution in [0.25, 0.3) is 10.9 Å². The van der Waals surface area contributed by atoms with Crippen LogP contribution >= 0.6 is 23.4 Å². The Labute approximate surface area is 208 Å². The summed E-state index contributed by atoms with van der Waals surface area (Å²) in [6.07, 6.45) is -4.21. The SMILES string of the molecule is CCSC(CC(F)(F)C(F)(F)F)C1=CC(C)(O)N(CCCNc2ccnc3cc(Cl)ccc23)C1=O. The number of nitrogens with zero attached hydrogens (tertiary/aromatic N) is 2. The fourth-order valence-electron chi connectivity index (χ4n) is 3.90. The summed E-state index contributed by atoms with van der Waals surface area (Å²) < 4.78 is 65.8. The molecule has 0 fully saturated rings. The van der Waals surface area contributed by atoms with Gasteiger partial charge in [0, 0.05) is 52.6 Å². The molecule has 3 rings (SSSR count). The van der Waals surface area contributed by atoms with Crippen molar-refractivity contribution >= 4 is 45.9 Å². The van der Waals surface area contributed by atoms with Gasteiger partial charge in [0.1, 0.15) is 0 Å². The smallest absolute Gasteiger partial charge is 0.384 e. The summed E-state index contributed by atoms with van der Waals surface area (Å²) in [6, 6.07) is 7.06. The molecule has 1 aliphatic rings. The van der Waals surface area contributed by atoms with Crippen LogP contribution in [-0.2, 0) is 4.79 Å². The number of aliphatic hydroxyl groups is 1. The first-order chi connectivity index (χ1) is 16.3. The van der Waals surface area contributed by atoms with Gasteiger partial charge in [0.05, 0.1) is 5.52 Å². The summed E-state index contributed by atoms with van der Waals surface area (Å²) in [5.74, 6) is -5.48.